The Kier molecular flexibility index (Phi) is 8.74. The van der Waals surface area contributed by atoms with E-state index in [0.717, 1.165) is 12.0 Å². The summed E-state index contributed by atoms with van der Waals surface area (Å²) in [6.45, 7) is 0.0389. The van der Waals surface area contributed by atoms with Crippen LogP contribution < -0.4 is 20.1 Å². The van der Waals surface area contributed by atoms with Gasteiger partial charge in [0.25, 0.3) is 0 Å². The molecular formula is C19H23ClF2N4O2. The van der Waals surface area contributed by atoms with Crippen molar-refractivity contribution in [3.05, 3.63) is 52.8 Å². The molecule has 1 heterocycles. The SMILES string of the molecule is CCOc1cccc(CNC(=NC)NCCc2ccc(Cl)nc2)c1OC(F)F. The van der Waals surface area contributed by atoms with E-state index in [2.05, 4.69) is 25.3 Å². The summed E-state index contributed by atoms with van der Waals surface area (Å²) in [7, 11) is 1.63. The maximum Gasteiger partial charge on any atom is 0.387 e. The van der Waals surface area contributed by atoms with Gasteiger partial charge in [0.05, 0.1) is 6.61 Å². The normalized spacial score (nSPS) is 11.4. The van der Waals surface area contributed by atoms with E-state index >= 15 is 0 Å². The van der Waals surface area contributed by atoms with Crippen LogP contribution in [-0.2, 0) is 13.0 Å². The maximum atomic E-state index is 12.8. The smallest absolute Gasteiger partial charge is 0.387 e. The average Bonchev–Trinajstić information content (AvgIpc) is 2.68. The number of aliphatic imine (C=N–C) groups is 1. The Morgan fingerprint density at radius 3 is 2.71 bits per heavy atom. The summed E-state index contributed by atoms with van der Waals surface area (Å²) in [6.07, 6.45) is 2.44. The van der Waals surface area contributed by atoms with Crippen molar-refractivity contribution in [2.75, 3.05) is 20.2 Å². The van der Waals surface area contributed by atoms with E-state index in [4.69, 9.17) is 16.3 Å². The van der Waals surface area contributed by atoms with Gasteiger partial charge in [-0.3, -0.25) is 4.99 Å². The van der Waals surface area contributed by atoms with Crippen molar-refractivity contribution in [2.24, 2.45) is 4.99 Å². The predicted octanol–water partition coefficient (Wildman–Crippen LogP) is 3.64. The van der Waals surface area contributed by atoms with Gasteiger partial charge in [0.2, 0.25) is 0 Å². The summed E-state index contributed by atoms with van der Waals surface area (Å²) in [5.74, 6) is 0.835. The number of aromatic nitrogens is 1. The number of ether oxygens (including phenoxy) is 2. The van der Waals surface area contributed by atoms with Gasteiger partial charge < -0.3 is 20.1 Å². The first-order chi connectivity index (χ1) is 13.5. The number of pyridine rings is 1. The van der Waals surface area contributed by atoms with Gasteiger partial charge in [0.1, 0.15) is 5.15 Å². The summed E-state index contributed by atoms with van der Waals surface area (Å²) in [5.41, 5.74) is 1.57. The summed E-state index contributed by atoms with van der Waals surface area (Å²) in [5, 5.41) is 6.70. The molecule has 0 aliphatic rings. The lowest BCUT2D eigenvalue weighted by Crippen LogP contribution is -2.38. The minimum atomic E-state index is -2.94. The van der Waals surface area contributed by atoms with Crippen LogP contribution >= 0.6 is 11.6 Å². The number of guanidine groups is 1. The van der Waals surface area contributed by atoms with Gasteiger partial charge in [0.15, 0.2) is 17.5 Å². The molecule has 0 amide bonds. The molecule has 2 rings (SSSR count). The molecule has 1 aromatic heterocycles. The Hall–Kier alpha value is -2.61. The van der Waals surface area contributed by atoms with Crippen LogP contribution in [0, 0.1) is 0 Å². The first-order valence-corrected chi connectivity index (χ1v) is 9.15. The Morgan fingerprint density at radius 2 is 2.07 bits per heavy atom. The fourth-order valence-electron chi connectivity index (χ4n) is 2.47. The third kappa shape index (κ3) is 6.84. The third-order valence-electron chi connectivity index (χ3n) is 3.73. The summed E-state index contributed by atoms with van der Waals surface area (Å²) >= 11 is 5.77. The summed E-state index contributed by atoms with van der Waals surface area (Å²) in [4.78, 5) is 8.17. The van der Waals surface area contributed by atoms with E-state index in [0.29, 0.717) is 29.8 Å². The second-order valence-electron chi connectivity index (χ2n) is 5.65. The van der Waals surface area contributed by atoms with E-state index < -0.39 is 6.61 Å². The molecule has 0 saturated carbocycles. The molecule has 0 aliphatic heterocycles. The highest BCUT2D eigenvalue weighted by Gasteiger charge is 2.16. The van der Waals surface area contributed by atoms with Crippen LogP contribution in [0.5, 0.6) is 11.5 Å². The fraction of sp³-hybridized carbons (Fsp3) is 0.368. The molecule has 0 fully saturated rings. The van der Waals surface area contributed by atoms with E-state index in [-0.39, 0.29) is 18.0 Å². The van der Waals surface area contributed by atoms with Crippen LogP contribution in [0.3, 0.4) is 0 Å². The number of rotatable bonds is 9. The van der Waals surface area contributed by atoms with Gasteiger partial charge >= 0.3 is 6.61 Å². The number of benzene rings is 1. The largest absolute Gasteiger partial charge is 0.490 e. The van der Waals surface area contributed by atoms with Crippen LogP contribution in [0.25, 0.3) is 0 Å². The molecule has 9 heteroatoms. The van der Waals surface area contributed by atoms with Crippen LogP contribution in [0.1, 0.15) is 18.1 Å². The average molecular weight is 413 g/mol. The van der Waals surface area contributed by atoms with Gasteiger partial charge in [-0.2, -0.15) is 8.78 Å². The zero-order valence-corrected chi connectivity index (χ0v) is 16.5. The highest BCUT2D eigenvalue weighted by Crippen LogP contribution is 2.32. The number of halogens is 3. The molecule has 28 heavy (non-hydrogen) atoms. The quantitative estimate of drug-likeness (QED) is 0.374. The molecule has 6 nitrogen and oxygen atoms in total. The molecule has 0 saturated heterocycles. The van der Waals surface area contributed by atoms with E-state index in [1.165, 1.54) is 0 Å². The highest BCUT2D eigenvalue weighted by molar-refractivity contribution is 6.29. The molecule has 0 aliphatic carbocycles. The number of hydrogen-bond donors (Lipinski definition) is 2. The van der Waals surface area contributed by atoms with Crippen LogP contribution in [0.15, 0.2) is 41.5 Å². The lowest BCUT2D eigenvalue weighted by atomic mass is 10.2. The topological polar surface area (TPSA) is 67.8 Å². The Morgan fingerprint density at radius 1 is 1.25 bits per heavy atom. The third-order valence-corrected chi connectivity index (χ3v) is 3.96. The van der Waals surface area contributed by atoms with Crippen LogP contribution in [-0.4, -0.2) is 37.8 Å². The van der Waals surface area contributed by atoms with Gasteiger partial charge in [0, 0.05) is 31.9 Å². The van der Waals surface area contributed by atoms with E-state index in [1.54, 1.807) is 44.4 Å². The Balaban J connectivity index is 1.94. The number of nitrogens with zero attached hydrogens (tertiary/aromatic N) is 2. The molecule has 1 aromatic carbocycles. The van der Waals surface area contributed by atoms with Crippen LogP contribution in [0.4, 0.5) is 8.78 Å². The van der Waals surface area contributed by atoms with Crippen molar-refractivity contribution in [1.82, 2.24) is 15.6 Å². The number of para-hydroxylation sites is 1. The van der Waals surface area contributed by atoms with E-state index in [9.17, 15) is 8.78 Å². The standard InChI is InChI=1S/C19H23ClF2N4O2/c1-3-27-15-6-4-5-14(17(15)28-18(21)22)12-26-19(23-2)24-10-9-13-7-8-16(20)25-11-13/h4-8,11,18H,3,9-10,12H2,1-2H3,(H2,23,24,26). The minimum absolute atomic E-state index is 0.0227. The molecule has 0 bridgehead atoms. The lowest BCUT2D eigenvalue weighted by Gasteiger charge is -2.17. The second-order valence-corrected chi connectivity index (χ2v) is 6.03. The monoisotopic (exact) mass is 412 g/mol. The highest BCUT2D eigenvalue weighted by atomic mass is 35.5. The Labute approximate surface area is 167 Å². The number of hydrogen-bond acceptors (Lipinski definition) is 4. The van der Waals surface area contributed by atoms with E-state index in [1.807, 2.05) is 6.07 Å². The van der Waals surface area contributed by atoms with Crippen LogP contribution in [0.2, 0.25) is 5.15 Å². The summed E-state index contributed by atoms with van der Waals surface area (Å²) in [6, 6.07) is 8.65. The van der Waals surface area contributed by atoms with Gasteiger partial charge in [-0.25, -0.2) is 4.98 Å². The maximum absolute atomic E-state index is 12.8. The van der Waals surface area contributed by atoms with Crippen molar-refractivity contribution in [1.29, 1.82) is 0 Å². The zero-order valence-electron chi connectivity index (χ0n) is 15.7. The molecule has 0 atom stereocenters. The van der Waals surface area contributed by atoms with Crippen molar-refractivity contribution in [2.45, 2.75) is 26.5 Å². The molecular weight excluding hydrogens is 390 g/mol. The van der Waals surface area contributed by atoms with Crippen molar-refractivity contribution in [3.63, 3.8) is 0 Å². The number of alkyl halides is 2. The van der Waals surface area contributed by atoms with Crippen molar-refractivity contribution in [3.8, 4) is 11.5 Å². The van der Waals surface area contributed by atoms with Gasteiger partial charge in [-0.05, 0) is 31.0 Å². The Bertz CT molecular complexity index is 773. The molecule has 0 spiro atoms. The van der Waals surface area contributed by atoms with Crippen molar-refractivity contribution >= 4 is 17.6 Å². The molecule has 2 N–H and O–H groups in total. The van der Waals surface area contributed by atoms with Crippen molar-refractivity contribution < 1.29 is 18.3 Å². The number of nitrogens with one attached hydrogen (secondary N) is 2. The molecule has 2 aromatic rings. The molecule has 0 unspecified atom stereocenters. The second kappa shape index (κ2) is 11.3. The first kappa shape index (κ1) is 21.7. The lowest BCUT2D eigenvalue weighted by molar-refractivity contribution is -0.0520. The zero-order chi connectivity index (χ0) is 20.4. The fourth-order valence-corrected chi connectivity index (χ4v) is 2.58. The molecule has 152 valence electrons. The summed E-state index contributed by atoms with van der Waals surface area (Å²) < 4.78 is 35.6. The van der Waals surface area contributed by atoms with Gasteiger partial charge in [-0.1, -0.05) is 29.8 Å². The predicted molar refractivity (Wildman–Crippen MR) is 105 cm³/mol. The minimum Gasteiger partial charge on any atom is -0.490 e. The molecule has 0 radical (unpaired) electrons. The van der Waals surface area contributed by atoms with Gasteiger partial charge in [-0.15, -0.1) is 0 Å². The first-order valence-electron chi connectivity index (χ1n) is 8.78.